The normalized spacial score (nSPS) is 12.9. The van der Waals surface area contributed by atoms with E-state index in [9.17, 15) is 4.39 Å². The van der Waals surface area contributed by atoms with Gasteiger partial charge in [0.2, 0.25) is 5.95 Å². The Bertz CT molecular complexity index is 1150. The first-order valence-corrected chi connectivity index (χ1v) is 8.20. The molecule has 0 unspecified atom stereocenters. The summed E-state index contributed by atoms with van der Waals surface area (Å²) in [4.78, 5) is 18.2. The number of rotatable bonds is 1. The summed E-state index contributed by atoms with van der Waals surface area (Å²) in [6.07, 6.45) is 5.13. The third-order valence-electron chi connectivity index (χ3n) is 4.81. The summed E-state index contributed by atoms with van der Waals surface area (Å²) in [5.41, 5.74) is 12.0. The van der Waals surface area contributed by atoms with Crippen LogP contribution < -0.4 is 10.6 Å². The van der Waals surface area contributed by atoms with Crippen molar-refractivity contribution in [1.82, 2.24) is 19.9 Å². The predicted octanol–water partition coefficient (Wildman–Crippen LogP) is 3.36. The van der Waals surface area contributed by atoms with Crippen LogP contribution in [0.25, 0.3) is 33.4 Å². The lowest BCUT2D eigenvalue weighted by atomic mass is 10.00. The summed E-state index contributed by atoms with van der Waals surface area (Å²) in [6.45, 7) is 0.650. The Morgan fingerprint density at radius 1 is 1.12 bits per heavy atom. The van der Waals surface area contributed by atoms with Crippen molar-refractivity contribution >= 4 is 22.7 Å². The first-order valence-electron chi connectivity index (χ1n) is 8.20. The zero-order valence-electron chi connectivity index (χ0n) is 14.0. The zero-order chi connectivity index (χ0) is 17.8. The van der Waals surface area contributed by atoms with Crippen molar-refractivity contribution in [3.05, 3.63) is 54.2 Å². The number of aromatic amines is 1. The molecule has 7 heteroatoms. The number of benzene rings is 1. The highest BCUT2D eigenvalue weighted by atomic mass is 19.1. The molecule has 0 amide bonds. The number of anilines is 2. The van der Waals surface area contributed by atoms with Crippen LogP contribution in [0.1, 0.15) is 5.56 Å². The molecule has 3 aromatic heterocycles. The second-order valence-corrected chi connectivity index (χ2v) is 6.41. The first-order chi connectivity index (χ1) is 12.6. The molecule has 1 aliphatic heterocycles. The van der Waals surface area contributed by atoms with Crippen LogP contribution in [-0.2, 0) is 6.54 Å². The molecule has 4 aromatic rings. The second kappa shape index (κ2) is 5.26. The number of pyridine rings is 1. The molecule has 0 radical (unpaired) electrons. The van der Waals surface area contributed by atoms with Crippen molar-refractivity contribution in [3.63, 3.8) is 0 Å². The van der Waals surface area contributed by atoms with Crippen LogP contribution >= 0.6 is 0 Å². The molecule has 0 spiro atoms. The van der Waals surface area contributed by atoms with Gasteiger partial charge in [0.25, 0.3) is 0 Å². The molecule has 6 nitrogen and oxygen atoms in total. The fourth-order valence-corrected chi connectivity index (χ4v) is 3.66. The fourth-order valence-electron chi connectivity index (χ4n) is 3.66. The number of aromatic nitrogens is 4. The number of fused-ring (bicyclic) bond motifs is 2. The van der Waals surface area contributed by atoms with E-state index < -0.39 is 0 Å². The Hall–Kier alpha value is -3.48. The molecule has 1 aromatic carbocycles. The number of nitrogens with zero attached hydrogens (tertiary/aromatic N) is 4. The molecule has 26 heavy (non-hydrogen) atoms. The summed E-state index contributed by atoms with van der Waals surface area (Å²) < 4.78 is 14.0. The number of hydrogen-bond acceptors (Lipinski definition) is 5. The van der Waals surface area contributed by atoms with Gasteiger partial charge in [0.15, 0.2) is 0 Å². The number of hydrogen-bond donors (Lipinski definition) is 2. The minimum atomic E-state index is -0.256. The van der Waals surface area contributed by atoms with Gasteiger partial charge in [-0.25, -0.2) is 19.3 Å². The molecule has 4 heterocycles. The molecular formula is C19H15FN6. The summed E-state index contributed by atoms with van der Waals surface area (Å²) in [5, 5.41) is 0.996. The Kier molecular flexibility index (Phi) is 3.00. The van der Waals surface area contributed by atoms with Crippen molar-refractivity contribution in [1.29, 1.82) is 0 Å². The van der Waals surface area contributed by atoms with Crippen molar-refractivity contribution < 1.29 is 4.39 Å². The zero-order valence-corrected chi connectivity index (χ0v) is 14.0. The van der Waals surface area contributed by atoms with Gasteiger partial charge < -0.3 is 15.6 Å². The predicted molar refractivity (Wildman–Crippen MR) is 99.0 cm³/mol. The molecule has 0 atom stereocenters. The molecule has 3 N–H and O–H groups in total. The third kappa shape index (κ3) is 2.07. The number of nitrogens with one attached hydrogen (secondary N) is 1. The maximum absolute atomic E-state index is 14.0. The van der Waals surface area contributed by atoms with E-state index in [0.29, 0.717) is 6.54 Å². The minimum Gasteiger partial charge on any atom is -0.370 e. The standard InChI is InChI=1S/C19H15FN6/c1-26-9-14-16-12(13-6-11(20)2-3-15(13)26)4-5-22-18(16)25-17(14)10-7-23-19(21)24-8-10/h2-8H,9H2,1H3,(H,22,25)(H2,21,23,24). The van der Waals surface area contributed by atoms with Crippen molar-refractivity contribution in [2.24, 2.45) is 0 Å². The SMILES string of the molecule is CN1Cc2c(-c3cnc(N)nc3)[nH]c3nccc(c23)-c2cc(F)ccc21. The van der Waals surface area contributed by atoms with E-state index in [1.165, 1.54) is 6.07 Å². The van der Waals surface area contributed by atoms with Crippen molar-refractivity contribution in [3.8, 4) is 22.4 Å². The van der Waals surface area contributed by atoms with E-state index in [1.807, 2.05) is 19.2 Å². The number of nitrogens with two attached hydrogens (primary N) is 1. The van der Waals surface area contributed by atoms with E-state index in [-0.39, 0.29) is 11.8 Å². The maximum Gasteiger partial charge on any atom is 0.219 e. The Balaban J connectivity index is 1.84. The summed E-state index contributed by atoms with van der Waals surface area (Å²) in [6, 6.07) is 6.82. The Morgan fingerprint density at radius 2 is 1.92 bits per heavy atom. The Labute approximate surface area is 148 Å². The molecule has 0 bridgehead atoms. The van der Waals surface area contributed by atoms with Gasteiger partial charge in [-0.2, -0.15) is 0 Å². The van der Waals surface area contributed by atoms with Crippen LogP contribution in [0.5, 0.6) is 0 Å². The molecule has 0 saturated heterocycles. The highest BCUT2D eigenvalue weighted by molar-refractivity contribution is 6.03. The third-order valence-corrected chi connectivity index (χ3v) is 4.81. The summed E-state index contributed by atoms with van der Waals surface area (Å²) >= 11 is 0. The van der Waals surface area contributed by atoms with E-state index in [2.05, 4.69) is 24.8 Å². The van der Waals surface area contributed by atoms with Crippen LogP contribution in [0.3, 0.4) is 0 Å². The molecular weight excluding hydrogens is 331 g/mol. The average Bonchev–Trinajstić information content (AvgIpc) is 2.94. The molecule has 5 rings (SSSR count). The van der Waals surface area contributed by atoms with E-state index in [1.54, 1.807) is 24.7 Å². The van der Waals surface area contributed by atoms with Gasteiger partial charge in [-0.15, -0.1) is 0 Å². The van der Waals surface area contributed by atoms with Crippen molar-refractivity contribution in [2.45, 2.75) is 6.54 Å². The van der Waals surface area contributed by atoms with Crippen LogP contribution in [0.4, 0.5) is 16.0 Å². The lowest BCUT2D eigenvalue weighted by Crippen LogP contribution is -2.16. The van der Waals surface area contributed by atoms with Gasteiger partial charge in [0.1, 0.15) is 11.5 Å². The van der Waals surface area contributed by atoms with Gasteiger partial charge in [-0.05, 0) is 29.8 Å². The number of nitrogen functional groups attached to an aromatic ring is 1. The largest absolute Gasteiger partial charge is 0.370 e. The van der Waals surface area contributed by atoms with Crippen LogP contribution in [-0.4, -0.2) is 27.0 Å². The topological polar surface area (TPSA) is 83.7 Å². The van der Waals surface area contributed by atoms with Gasteiger partial charge >= 0.3 is 0 Å². The molecule has 0 aliphatic carbocycles. The highest BCUT2D eigenvalue weighted by Gasteiger charge is 2.25. The van der Waals surface area contributed by atoms with Gasteiger partial charge in [0.05, 0.1) is 5.69 Å². The molecule has 0 saturated carbocycles. The van der Waals surface area contributed by atoms with E-state index in [0.717, 1.165) is 44.7 Å². The first kappa shape index (κ1) is 14.8. The summed E-state index contributed by atoms with van der Waals surface area (Å²) in [7, 11) is 2.00. The number of H-pyrrole nitrogens is 1. The Morgan fingerprint density at radius 3 is 2.73 bits per heavy atom. The van der Waals surface area contributed by atoms with Crippen LogP contribution in [0.15, 0.2) is 42.9 Å². The second-order valence-electron chi connectivity index (χ2n) is 6.41. The molecule has 1 aliphatic rings. The van der Waals surface area contributed by atoms with Crippen molar-refractivity contribution in [2.75, 3.05) is 17.7 Å². The van der Waals surface area contributed by atoms with Crippen LogP contribution in [0.2, 0.25) is 0 Å². The summed E-state index contributed by atoms with van der Waals surface area (Å²) in [5.74, 6) is -0.0252. The molecule has 128 valence electrons. The lowest BCUT2D eigenvalue weighted by Gasteiger charge is -2.20. The monoisotopic (exact) mass is 346 g/mol. The highest BCUT2D eigenvalue weighted by Crippen LogP contribution is 2.43. The van der Waals surface area contributed by atoms with Gasteiger partial charge in [-0.1, -0.05) is 0 Å². The van der Waals surface area contributed by atoms with E-state index >= 15 is 0 Å². The lowest BCUT2D eigenvalue weighted by molar-refractivity contribution is 0.628. The maximum atomic E-state index is 14.0. The van der Waals surface area contributed by atoms with E-state index in [4.69, 9.17) is 5.73 Å². The quantitative estimate of drug-likeness (QED) is 0.552. The number of halogens is 1. The van der Waals surface area contributed by atoms with Crippen LogP contribution in [0, 0.1) is 5.82 Å². The average molecular weight is 346 g/mol. The smallest absolute Gasteiger partial charge is 0.219 e. The fraction of sp³-hybridized carbons (Fsp3) is 0.105. The van der Waals surface area contributed by atoms with Gasteiger partial charge in [0, 0.05) is 59.9 Å². The minimum absolute atomic E-state index is 0.231. The molecule has 0 fully saturated rings. The van der Waals surface area contributed by atoms with Gasteiger partial charge in [-0.3, -0.25) is 0 Å².